The van der Waals surface area contributed by atoms with Crippen molar-refractivity contribution in [3.63, 3.8) is 0 Å². The molecule has 0 aliphatic heterocycles. The highest BCUT2D eigenvalue weighted by molar-refractivity contribution is 14.0. The van der Waals surface area contributed by atoms with Gasteiger partial charge in [-0.15, -0.1) is 35.3 Å². The van der Waals surface area contributed by atoms with Gasteiger partial charge in [-0.05, 0) is 17.9 Å². The summed E-state index contributed by atoms with van der Waals surface area (Å²) in [5.41, 5.74) is 0.0314. The molecule has 1 heterocycles. The molecule has 1 rings (SSSR count). The molecule has 1 aromatic rings. The predicted octanol–water partition coefficient (Wildman–Crippen LogP) is 1.75. The Labute approximate surface area is 160 Å². The molecule has 134 valence electrons. The van der Waals surface area contributed by atoms with E-state index in [0.29, 0.717) is 19.5 Å². The van der Waals surface area contributed by atoms with Crippen molar-refractivity contribution in [2.24, 2.45) is 4.99 Å². The van der Waals surface area contributed by atoms with Crippen LogP contribution in [0.3, 0.4) is 0 Å². The zero-order valence-electron chi connectivity index (χ0n) is 14.0. The maximum atomic E-state index is 10.9. The van der Waals surface area contributed by atoms with Crippen LogP contribution in [-0.4, -0.2) is 47.3 Å². The minimum Gasteiger partial charge on any atom is -0.356 e. The molecule has 0 radical (unpaired) electrons. The van der Waals surface area contributed by atoms with Crippen LogP contribution in [0.1, 0.15) is 25.1 Å². The molecule has 1 aromatic heterocycles. The first-order valence-corrected chi connectivity index (χ1v) is 9.95. The van der Waals surface area contributed by atoms with Crippen LogP contribution < -0.4 is 15.4 Å². The average Bonchev–Trinajstić information content (AvgIpc) is 2.95. The van der Waals surface area contributed by atoms with Gasteiger partial charge in [-0.1, -0.05) is 19.9 Å². The largest absolute Gasteiger partial charge is 0.356 e. The number of nitrogens with one attached hydrogen (secondary N) is 3. The number of halogens is 1. The van der Waals surface area contributed by atoms with Crippen LogP contribution in [0.2, 0.25) is 0 Å². The molecule has 0 aliphatic carbocycles. The summed E-state index contributed by atoms with van der Waals surface area (Å²) >= 11 is 1.75. The smallest absolute Gasteiger partial charge is 0.208 e. The van der Waals surface area contributed by atoms with Crippen molar-refractivity contribution in [3.05, 3.63) is 22.4 Å². The van der Waals surface area contributed by atoms with Crippen LogP contribution in [0.4, 0.5) is 0 Å². The van der Waals surface area contributed by atoms with Crippen molar-refractivity contribution in [2.75, 3.05) is 32.9 Å². The lowest BCUT2D eigenvalue weighted by molar-refractivity contribution is 0.518. The lowest BCUT2D eigenvalue weighted by Crippen LogP contribution is -2.43. The molecular formula is C14H27IN4O2S2. The minimum atomic E-state index is -3.11. The van der Waals surface area contributed by atoms with Gasteiger partial charge in [0.1, 0.15) is 0 Å². The number of guanidine groups is 1. The summed E-state index contributed by atoms with van der Waals surface area (Å²) in [6.45, 7) is 6.23. The highest BCUT2D eigenvalue weighted by Crippen LogP contribution is 2.26. The van der Waals surface area contributed by atoms with E-state index in [-0.39, 0.29) is 29.4 Å². The summed E-state index contributed by atoms with van der Waals surface area (Å²) in [5.74, 6) is 0.726. The lowest BCUT2D eigenvalue weighted by atomic mass is 9.91. The van der Waals surface area contributed by atoms with E-state index >= 15 is 0 Å². The van der Waals surface area contributed by atoms with Gasteiger partial charge in [0, 0.05) is 37.0 Å². The average molecular weight is 474 g/mol. The Morgan fingerprint density at radius 2 is 2.00 bits per heavy atom. The molecule has 0 aromatic carbocycles. The van der Waals surface area contributed by atoms with Gasteiger partial charge in [0.25, 0.3) is 0 Å². The summed E-state index contributed by atoms with van der Waals surface area (Å²) in [5, 5.41) is 8.58. The molecular weight excluding hydrogens is 447 g/mol. The van der Waals surface area contributed by atoms with E-state index in [1.165, 1.54) is 4.88 Å². The van der Waals surface area contributed by atoms with Crippen molar-refractivity contribution in [2.45, 2.75) is 25.7 Å². The molecule has 0 atom stereocenters. The Balaban J connectivity index is 0.00000484. The van der Waals surface area contributed by atoms with E-state index in [1.54, 1.807) is 18.4 Å². The first-order chi connectivity index (χ1) is 10.2. The highest BCUT2D eigenvalue weighted by Gasteiger charge is 2.21. The minimum absolute atomic E-state index is 0. The van der Waals surface area contributed by atoms with Gasteiger partial charge in [0.05, 0.1) is 6.26 Å². The van der Waals surface area contributed by atoms with Crippen LogP contribution >= 0.6 is 35.3 Å². The second-order valence-electron chi connectivity index (χ2n) is 5.73. The summed E-state index contributed by atoms with van der Waals surface area (Å²) in [6, 6.07) is 4.20. The van der Waals surface area contributed by atoms with E-state index in [1.807, 2.05) is 0 Å². The van der Waals surface area contributed by atoms with Gasteiger partial charge in [0.2, 0.25) is 10.0 Å². The summed E-state index contributed by atoms with van der Waals surface area (Å²) in [4.78, 5) is 5.50. The molecule has 3 N–H and O–H groups in total. The zero-order chi connectivity index (χ0) is 16.6. The summed E-state index contributed by atoms with van der Waals surface area (Å²) in [7, 11) is -1.38. The number of hydrogen-bond acceptors (Lipinski definition) is 4. The molecule has 0 spiro atoms. The van der Waals surface area contributed by atoms with E-state index in [4.69, 9.17) is 0 Å². The molecule has 6 nitrogen and oxygen atoms in total. The SMILES string of the molecule is CN=C(NCCCNS(C)(=O)=O)NCC(C)(C)c1cccs1.I. The molecule has 23 heavy (non-hydrogen) atoms. The fourth-order valence-corrected chi connectivity index (χ4v) is 3.20. The standard InChI is InChI=1S/C14H26N4O2S2.HI/c1-14(2,12-7-5-10-21-12)11-17-13(15-3)16-8-6-9-18-22(4,19)20;/h5,7,10,18H,6,8-9,11H2,1-4H3,(H2,15,16,17);1H. The Hall–Kier alpha value is -0.390. The number of thiophene rings is 1. The van der Waals surface area contributed by atoms with Crippen molar-refractivity contribution < 1.29 is 8.42 Å². The Kier molecular flexibility index (Phi) is 10.3. The Morgan fingerprint density at radius 3 is 2.52 bits per heavy atom. The maximum absolute atomic E-state index is 10.9. The maximum Gasteiger partial charge on any atom is 0.208 e. The number of aliphatic imine (C=N–C) groups is 1. The number of sulfonamides is 1. The Morgan fingerprint density at radius 1 is 1.30 bits per heavy atom. The Bertz CT molecular complexity index is 572. The first kappa shape index (κ1) is 22.6. The molecule has 0 bridgehead atoms. The topological polar surface area (TPSA) is 82.6 Å². The highest BCUT2D eigenvalue weighted by atomic mass is 127. The van der Waals surface area contributed by atoms with Gasteiger partial charge >= 0.3 is 0 Å². The zero-order valence-corrected chi connectivity index (χ0v) is 18.0. The van der Waals surface area contributed by atoms with Crippen LogP contribution in [-0.2, 0) is 15.4 Å². The first-order valence-electron chi connectivity index (χ1n) is 7.18. The molecule has 0 fully saturated rings. The molecule has 0 aliphatic rings. The molecule has 0 saturated carbocycles. The lowest BCUT2D eigenvalue weighted by Gasteiger charge is -2.25. The quantitative estimate of drug-likeness (QED) is 0.232. The normalized spacial score (nSPS) is 12.6. The third kappa shape index (κ3) is 9.48. The van der Waals surface area contributed by atoms with E-state index in [2.05, 4.69) is 51.7 Å². The van der Waals surface area contributed by atoms with Gasteiger partial charge in [-0.25, -0.2) is 13.1 Å². The number of nitrogens with zero attached hydrogens (tertiary/aromatic N) is 1. The van der Waals surface area contributed by atoms with Crippen molar-refractivity contribution in [3.8, 4) is 0 Å². The predicted molar refractivity (Wildman–Crippen MR) is 110 cm³/mol. The van der Waals surface area contributed by atoms with Crippen LogP contribution in [0.15, 0.2) is 22.5 Å². The van der Waals surface area contributed by atoms with E-state index < -0.39 is 10.0 Å². The van der Waals surface area contributed by atoms with Crippen molar-refractivity contribution in [1.29, 1.82) is 0 Å². The third-order valence-electron chi connectivity index (χ3n) is 3.12. The van der Waals surface area contributed by atoms with Gasteiger partial charge < -0.3 is 10.6 Å². The van der Waals surface area contributed by atoms with Gasteiger partial charge in [-0.3, -0.25) is 4.99 Å². The number of rotatable bonds is 8. The van der Waals surface area contributed by atoms with Crippen molar-refractivity contribution >= 4 is 51.3 Å². The van der Waals surface area contributed by atoms with Gasteiger partial charge in [-0.2, -0.15) is 0 Å². The van der Waals surface area contributed by atoms with Gasteiger partial charge in [0.15, 0.2) is 5.96 Å². The van der Waals surface area contributed by atoms with E-state index in [9.17, 15) is 8.42 Å². The van der Waals surface area contributed by atoms with Crippen LogP contribution in [0.5, 0.6) is 0 Å². The second kappa shape index (κ2) is 10.5. The van der Waals surface area contributed by atoms with Crippen LogP contribution in [0.25, 0.3) is 0 Å². The molecule has 0 amide bonds. The summed E-state index contributed by atoms with van der Waals surface area (Å²) < 4.78 is 24.3. The van der Waals surface area contributed by atoms with Crippen molar-refractivity contribution in [1.82, 2.24) is 15.4 Å². The summed E-state index contributed by atoms with van der Waals surface area (Å²) in [6.07, 6.45) is 1.86. The van der Waals surface area contributed by atoms with Crippen LogP contribution in [0, 0.1) is 0 Å². The molecule has 0 unspecified atom stereocenters. The third-order valence-corrected chi connectivity index (χ3v) is 5.08. The molecule has 0 saturated heterocycles. The van der Waals surface area contributed by atoms with E-state index in [0.717, 1.165) is 18.8 Å². The fourth-order valence-electron chi connectivity index (χ4n) is 1.83. The second-order valence-corrected chi connectivity index (χ2v) is 8.51. The monoisotopic (exact) mass is 474 g/mol. The fraction of sp³-hybridized carbons (Fsp3) is 0.643. The molecule has 9 heteroatoms. The number of hydrogen-bond donors (Lipinski definition) is 3.